The van der Waals surface area contributed by atoms with E-state index in [0.29, 0.717) is 5.52 Å². The van der Waals surface area contributed by atoms with Crippen LogP contribution in [0.1, 0.15) is 31.9 Å². The molecule has 6 aromatic carbocycles. The van der Waals surface area contributed by atoms with Gasteiger partial charge in [-0.3, -0.25) is 9.13 Å². The predicted octanol–water partition coefficient (Wildman–Crippen LogP) is 16.0. The molecule has 0 unspecified atom stereocenters. The van der Waals surface area contributed by atoms with Gasteiger partial charge in [0.05, 0.1) is 51.5 Å². The lowest BCUT2D eigenvalue weighted by atomic mass is 10.1. The Morgan fingerprint density at radius 3 is 1.47 bits per heavy atom. The van der Waals surface area contributed by atoms with Crippen molar-refractivity contribution in [2.24, 2.45) is 14.0 Å². The minimum Gasteiger partial charge on any atom is -0.437 e. The summed E-state index contributed by atoms with van der Waals surface area (Å²) >= 11 is 6.97. The van der Waals surface area contributed by atoms with Crippen molar-refractivity contribution in [3.8, 4) is 59.2 Å². The number of hydrogen-bond donors (Lipinski definition) is 0. The highest BCUT2D eigenvalue weighted by molar-refractivity contribution is 7.22. The maximum Gasteiger partial charge on any atom is 0.290 e. The Morgan fingerprint density at radius 1 is 0.417 bits per heavy atom. The number of aromatic nitrogens is 15. The van der Waals surface area contributed by atoms with Crippen molar-refractivity contribution in [2.75, 3.05) is 0 Å². The first-order valence-corrected chi connectivity index (χ1v) is 37.3. The lowest BCUT2D eigenvalue weighted by Gasteiger charge is -2.04. The smallest absolute Gasteiger partial charge is 0.290 e. The summed E-state index contributed by atoms with van der Waals surface area (Å²) in [7, 11) is 2.13. The SMILES string of the molecule is Cn1c2cccnc2c2c1sc1[n+]2Cc2ccccc2-1.[2H]C([2H])([2H])n1c2cccnc2c2c1sc1[n+]2Cc2ccccc2-1.c1ccc(-n2c3cccnc3c3c2sc2[n+]3Cc3ccccc3-2)cc1.c1ccc2c(c1)C[n+]1c-2sc2oc3cccnc3c21.c1ccc2c(c1)Cn1c[n+]3cc4ncccn4c3c1-2. The molecule has 0 aliphatic carbocycles. The highest BCUT2D eigenvalue weighted by atomic mass is 32.1. The fourth-order valence-electron chi connectivity index (χ4n) is 16.1. The van der Waals surface area contributed by atoms with E-state index < -0.39 is 6.98 Å². The summed E-state index contributed by atoms with van der Waals surface area (Å²) in [5.41, 5.74) is 30.4. The molecule has 5 aliphatic rings. The van der Waals surface area contributed by atoms with Crippen molar-refractivity contribution < 1.29 is 31.2 Å². The van der Waals surface area contributed by atoms with E-state index in [1.54, 1.807) is 23.6 Å². The van der Waals surface area contributed by atoms with Gasteiger partial charge in [-0.2, -0.15) is 18.3 Å². The number of imidazole rings is 2. The van der Waals surface area contributed by atoms with Gasteiger partial charge in [0, 0.05) is 82.6 Å². The van der Waals surface area contributed by atoms with Gasteiger partial charge < -0.3 is 13.6 Å². The van der Waals surface area contributed by atoms with Crippen LogP contribution >= 0.6 is 45.3 Å². The first-order valence-electron chi connectivity index (χ1n) is 35.6. The first-order chi connectivity index (χ1) is 52.1. The fraction of sp³-hybridized carbons (Fsp3) is 0.0843. The lowest BCUT2D eigenvalue weighted by molar-refractivity contribution is -0.641. The van der Waals surface area contributed by atoms with E-state index >= 15 is 0 Å². The number of pyridine rings is 4. The molecule has 20 heterocycles. The van der Waals surface area contributed by atoms with E-state index in [0.717, 1.165) is 91.8 Å². The first kappa shape index (κ1) is 55.6. The average molecular weight is 1410 g/mol. The van der Waals surface area contributed by atoms with Crippen molar-refractivity contribution in [3.05, 3.63) is 284 Å². The van der Waals surface area contributed by atoms with Gasteiger partial charge in [0.25, 0.3) is 52.6 Å². The standard InChI is InChI=1S/C21H14N3S.2C16H12N3S.C15H11N4.C15H9N2OS/c1-2-8-15(9-3-1)24-17-11-6-12-22-18(17)19-21(24)25-20-16-10-5-4-7-14(16)13-23(19)20;2*1-18-12-7-4-8-17-13(12)14-16(18)20-15-11-6-3-2-5-10(11)9-19(14)15;1-2-5-12-11(4-1)8-17-10-18-9-13-16-6-3-7-19(13)15(18)14(12)17;1-2-5-10-9(4-1)8-17-13-12-11(6-3-7-16-12)18-15(13)19-14(10)17/h1-12H,13H2;2*2-8H,9H2,1H3;1-7,9-10H,8H2;1-7H,8H2/q5*+1/i;1D3;;;. The van der Waals surface area contributed by atoms with Gasteiger partial charge in [-0.25, -0.2) is 33.7 Å². The minimum atomic E-state index is -2.22. The number of rotatable bonds is 1. The number of benzene rings is 6. The summed E-state index contributed by atoms with van der Waals surface area (Å²) in [5.74, 6) is 0. The molecule has 0 atom stereocenters. The highest BCUT2D eigenvalue weighted by Gasteiger charge is 2.40. The summed E-state index contributed by atoms with van der Waals surface area (Å²) in [4.78, 5) is 27.0. The summed E-state index contributed by atoms with van der Waals surface area (Å²) in [6.45, 7) is 2.30. The molecule has 21 aromatic rings. The predicted molar refractivity (Wildman–Crippen MR) is 408 cm³/mol. The Balaban J connectivity index is 0.0000000830. The zero-order valence-corrected chi connectivity index (χ0v) is 58.3. The maximum atomic E-state index is 7.92. The van der Waals surface area contributed by atoms with Crippen LogP contribution in [0.15, 0.2) is 260 Å². The molecule has 26 rings (SSSR count). The largest absolute Gasteiger partial charge is 0.437 e. The van der Waals surface area contributed by atoms with E-state index in [4.69, 9.17) is 13.5 Å². The quantitative estimate of drug-likeness (QED) is 0.151. The summed E-state index contributed by atoms with van der Waals surface area (Å²) in [5, 5.41) is 5.07. The van der Waals surface area contributed by atoms with Crippen molar-refractivity contribution >= 4 is 142 Å². The van der Waals surface area contributed by atoms with Crippen molar-refractivity contribution in [1.82, 2.24) is 47.6 Å². The van der Waals surface area contributed by atoms with E-state index in [9.17, 15) is 0 Å². The zero-order valence-electron chi connectivity index (χ0n) is 58.0. The number of para-hydroxylation sites is 1. The van der Waals surface area contributed by atoms with Crippen LogP contribution in [0, 0.1) is 0 Å². The second-order valence-corrected chi connectivity index (χ2v) is 30.2. The van der Waals surface area contributed by atoms with Crippen LogP contribution in [0.25, 0.3) is 156 Å². The molecule has 0 saturated heterocycles. The highest BCUT2D eigenvalue weighted by Crippen LogP contribution is 2.44. The monoisotopic (exact) mass is 1410 g/mol. The molecule has 0 amide bonds. The Morgan fingerprint density at radius 2 is 0.874 bits per heavy atom. The third kappa shape index (κ3) is 8.72. The second-order valence-electron chi connectivity index (χ2n) is 26.3. The number of hydrogen-bond acceptors (Lipinski definition) is 10. The van der Waals surface area contributed by atoms with Crippen molar-refractivity contribution in [1.29, 1.82) is 0 Å². The van der Waals surface area contributed by atoms with Crippen molar-refractivity contribution in [3.63, 3.8) is 0 Å². The van der Waals surface area contributed by atoms with Gasteiger partial charge >= 0.3 is 0 Å². The van der Waals surface area contributed by atoms with Gasteiger partial charge in [0.15, 0.2) is 80.3 Å². The molecule has 0 bridgehead atoms. The van der Waals surface area contributed by atoms with E-state index in [-0.39, 0.29) is 0 Å². The van der Waals surface area contributed by atoms with Crippen LogP contribution in [0.4, 0.5) is 0 Å². The van der Waals surface area contributed by atoms with E-state index in [1.165, 1.54) is 135 Å². The summed E-state index contributed by atoms with van der Waals surface area (Å²) < 4.78 is 51.7. The third-order valence-electron chi connectivity index (χ3n) is 20.6. The van der Waals surface area contributed by atoms with Crippen LogP contribution in [-0.2, 0) is 46.7 Å². The van der Waals surface area contributed by atoms with Gasteiger partial charge in [-0.1, -0.05) is 115 Å². The van der Waals surface area contributed by atoms with Gasteiger partial charge in [0.2, 0.25) is 5.65 Å². The number of thiazole rings is 4. The number of furan rings is 1. The van der Waals surface area contributed by atoms with Crippen LogP contribution in [-0.4, -0.2) is 47.6 Å². The molecule has 103 heavy (non-hydrogen) atoms. The third-order valence-corrected chi connectivity index (χ3v) is 25.4. The maximum absolute atomic E-state index is 7.92. The molecule has 490 valence electrons. The molecule has 0 N–H and O–H groups in total. The molecule has 0 saturated carbocycles. The average Bonchev–Trinajstić information content (AvgIpc) is 1.51. The van der Waals surface area contributed by atoms with Gasteiger partial charge in [0.1, 0.15) is 6.20 Å². The molecule has 0 fully saturated rings. The Kier molecular flexibility index (Phi) is 12.2. The second kappa shape index (κ2) is 22.7. The van der Waals surface area contributed by atoms with Crippen LogP contribution in [0.3, 0.4) is 0 Å². The number of aryl methyl sites for hydroxylation is 2. The van der Waals surface area contributed by atoms with Crippen LogP contribution in [0.5, 0.6) is 0 Å². The topological polar surface area (TPSA) is 121 Å². The lowest BCUT2D eigenvalue weighted by Crippen LogP contribution is -2.30. The minimum absolute atomic E-state index is 0.667. The normalized spacial score (nSPS) is 13.5. The molecule has 20 heteroatoms. The Labute approximate surface area is 606 Å². The van der Waals surface area contributed by atoms with Crippen LogP contribution in [0.2, 0.25) is 0 Å². The number of nitrogens with zero attached hydrogens (tertiary/aromatic N) is 15. The molecule has 5 aliphatic heterocycles. The molecule has 15 aromatic heterocycles. The summed E-state index contributed by atoms with van der Waals surface area (Å²) in [6.07, 6.45) is 15.4. The summed E-state index contributed by atoms with van der Waals surface area (Å²) in [6, 6.07) is 71.2. The van der Waals surface area contributed by atoms with Gasteiger partial charge in [-0.15, -0.1) is 0 Å². The van der Waals surface area contributed by atoms with Gasteiger partial charge in [-0.05, 0) is 142 Å². The van der Waals surface area contributed by atoms with E-state index in [2.05, 4.69) is 238 Å². The molecular formula is C83H58N15OS4+5. The van der Waals surface area contributed by atoms with Crippen molar-refractivity contribution in [2.45, 2.75) is 32.7 Å². The fourth-order valence-corrected chi connectivity index (χ4v) is 21.2. The molecule has 0 spiro atoms. The molecule has 0 radical (unpaired) electrons. The molecular weight excluding hydrogens is 1350 g/mol. The Hall–Kier alpha value is -12.2. The zero-order chi connectivity index (χ0) is 70.2. The molecule has 16 nitrogen and oxygen atoms in total. The Bertz CT molecular complexity index is 7240. The van der Waals surface area contributed by atoms with Crippen LogP contribution < -0.4 is 22.7 Å². The number of fused-ring (bicyclic) bond motifs is 35. The van der Waals surface area contributed by atoms with E-state index in [1.807, 2.05) is 96.0 Å².